The number of likely N-dealkylation sites (tertiary alicyclic amines) is 1. The summed E-state index contributed by atoms with van der Waals surface area (Å²) in [6.45, 7) is 2.78. The lowest BCUT2D eigenvalue weighted by atomic mass is 10.1. The molecule has 0 aliphatic carbocycles. The van der Waals surface area contributed by atoms with Gasteiger partial charge in [0.15, 0.2) is 14.9 Å². The van der Waals surface area contributed by atoms with Crippen LogP contribution in [0.2, 0.25) is 0 Å². The maximum Gasteiger partial charge on any atom is 0.168 e. The molecule has 17 heavy (non-hydrogen) atoms. The number of nitrogens with one attached hydrogen (secondary N) is 1. The molecule has 0 aromatic rings. The molecular formula is C11H20N2O2S2. The van der Waals surface area contributed by atoms with Gasteiger partial charge in [-0.3, -0.25) is 0 Å². The Balaban J connectivity index is 1.73. The Hall–Kier alpha value is -0.360. The molecule has 0 aromatic heterocycles. The predicted octanol–water partition coefficient (Wildman–Crippen LogP) is 0.781. The van der Waals surface area contributed by atoms with Crippen molar-refractivity contribution in [1.82, 2.24) is 10.2 Å². The summed E-state index contributed by atoms with van der Waals surface area (Å²) in [5, 5.41) is 4.02. The molecule has 1 atom stereocenters. The number of hydrogen-bond acceptors (Lipinski definition) is 3. The molecule has 1 unspecified atom stereocenters. The average Bonchev–Trinajstić information content (AvgIpc) is 2.67. The lowest BCUT2D eigenvalue weighted by Crippen LogP contribution is -2.44. The van der Waals surface area contributed by atoms with Crippen LogP contribution in [-0.4, -0.2) is 49.6 Å². The lowest BCUT2D eigenvalue weighted by molar-refractivity contribution is 0.336. The third-order valence-electron chi connectivity index (χ3n) is 3.51. The van der Waals surface area contributed by atoms with E-state index in [4.69, 9.17) is 12.2 Å². The first-order valence-electron chi connectivity index (χ1n) is 6.30. The van der Waals surface area contributed by atoms with Gasteiger partial charge >= 0.3 is 0 Å². The van der Waals surface area contributed by atoms with Gasteiger partial charge in [0.1, 0.15) is 0 Å². The van der Waals surface area contributed by atoms with Gasteiger partial charge in [-0.1, -0.05) is 0 Å². The second kappa shape index (κ2) is 5.52. The van der Waals surface area contributed by atoms with Crippen LogP contribution >= 0.6 is 12.2 Å². The van der Waals surface area contributed by atoms with Crippen LogP contribution in [0.5, 0.6) is 0 Å². The van der Waals surface area contributed by atoms with Crippen molar-refractivity contribution in [1.29, 1.82) is 0 Å². The zero-order valence-electron chi connectivity index (χ0n) is 10.0. The van der Waals surface area contributed by atoms with Crippen molar-refractivity contribution in [2.24, 2.45) is 5.92 Å². The zero-order valence-corrected chi connectivity index (χ0v) is 11.7. The largest absolute Gasteiger partial charge is 0.362 e. The van der Waals surface area contributed by atoms with Gasteiger partial charge in [0.05, 0.1) is 11.5 Å². The molecule has 2 fully saturated rings. The molecule has 4 nitrogen and oxygen atoms in total. The van der Waals surface area contributed by atoms with E-state index < -0.39 is 9.84 Å². The molecule has 0 saturated carbocycles. The Labute approximate surface area is 109 Å². The fourth-order valence-electron chi connectivity index (χ4n) is 2.47. The van der Waals surface area contributed by atoms with Gasteiger partial charge in [-0.05, 0) is 43.8 Å². The van der Waals surface area contributed by atoms with Crippen molar-refractivity contribution >= 4 is 27.2 Å². The summed E-state index contributed by atoms with van der Waals surface area (Å²) in [5.41, 5.74) is 0. The normalized spacial score (nSPS) is 28.0. The molecule has 2 rings (SSSR count). The average molecular weight is 276 g/mol. The Morgan fingerprint density at radius 3 is 2.59 bits per heavy atom. The van der Waals surface area contributed by atoms with Gasteiger partial charge < -0.3 is 10.2 Å². The molecule has 0 spiro atoms. The van der Waals surface area contributed by atoms with Gasteiger partial charge in [-0.15, -0.1) is 0 Å². The first-order valence-corrected chi connectivity index (χ1v) is 8.53. The Morgan fingerprint density at radius 2 is 2.00 bits per heavy atom. The van der Waals surface area contributed by atoms with Crippen molar-refractivity contribution in [2.45, 2.75) is 25.7 Å². The van der Waals surface area contributed by atoms with E-state index in [1.807, 2.05) is 0 Å². The smallest absolute Gasteiger partial charge is 0.168 e. The first kappa shape index (κ1) is 13.1. The van der Waals surface area contributed by atoms with Crippen LogP contribution in [0.25, 0.3) is 0 Å². The van der Waals surface area contributed by atoms with Crippen LogP contribution in [0.3, 0.4) is 0 Å². The Morgan fingerprint density at radius 1 is 1.29 bits per heavy atom. The van der Waals surface area contributed by atoms with Crippen molar-refractivity contribution < 1.29 is 8.42 Å². The number of nitrogens with zero attached hydrogens (tertiary/aromatic N) is 1. The van der Waals surface area contributed by atoms with Crippen molar-refractivity contribution in [3.05, 3.63) is 0 Å². The minimum absolute atomic E-state index is 0.239. The molecule has 0 bridgehead atoms. The molecule has 98 valence electrons. The number of piperidine rings is 1. The maximum absolute atomic E-state index is 11.3. The molecule has 2 heterocycles. The highest BCUT2D eigenvalue weighted by molar-refractivity contribution is 7.91. The number of rotatable bonds is 2. The standard InChI is InChI=1S/C11H20N2O2S2/c14-17(15)7-4-10(9-17)8-12-11(16)13-5-2-1-3-6-13/h10H,1-9H2,(H,12,16). The minimum atomic E-state index is -2.77. The topological polar surface area (TPSA) is 49.4 Å². The molecule has 0 aromatic carbocycles. The van der Waals surface area contributed by atoms with E-state index >= 15 is 0 Å². The SMILES string of the molecule is O=S1(=O)CCC(CNC(=S)N2CCCCC2)C1. The predicted molar refractivity (Wildman–Crippen MR) is 72.8 cm³/mol. The molecular weight excluding hydrogens is 256 g/mol. The number of hydrogen-bond donors (Lipinski definition) is 1. The maximum atomic E-state index is 11.3. The third-order valence-corrected chi connectivity index (χ3v) is 5.75. The highest BCUT2D eigenvalue weighted by Crippen LogP contribution is 2.17. The van der Waals surface area contributed by atoms with Crippen molar-refractivity contribution in [3.8, 4) is 0 Å². The lowest BCUT2D eigenvalue weighted by Gasteiger charge is -2.29. The summed E-state index contributed by atoms with van der Waals surface area (Å²) in [7, 11) is -2.77. The summed E-state index contributed by atoms with van der Waals surface area (Å²) in [6.07, 6.45) is 4.48. The van der Waals surface area contributed by atoms with Crippen molar-refractivity contribution in [3.63, 3.8) is 0 Å². The summed E-state index contributed by atoms with van der Waals surface area (Å²) < 4.78 is 22.6. The second-order valence-electron chi connectivity index (χ2n) is 5.00. The van der Waals surface area contributed by atoms with E-state index in [0.717, 1.165) is 24.6 Å². The van der Waals surface area contributed by atoms with Gasteiger partial charge in [0.2, 0.25) is 0 Å². The molecule has 6 heteroatoms. The van der Waals surface area contributed by atoms with E-state index in [0.29, 0.717) is 18.1 Å². The second-order valence-corrected chi connectivity index (χ2v) is 7.62. The van der Waals surface area contributed by atoms with E-state index in [1.165, 1.54) is 19.3 Å². The van der Waals surface area contributed by atoms with Gasteiger partial charge in [0, 0.05) is 19.6 Å². The summed E-state index contributed by atoms with van der Waals surface area (Å²) in [6, 6.07) is 0. The third kappa shape index (κ3) is 3.81. The van der Waals surface area contributed by atoms with Crippen LogP contribution in [-0.2, 0) is 9.84 Å². The fraction of sp³-hybridized carbons (Fsp3) is 0.909. The van der Waals surface area contributed by atoms with Crippen LogP contribution < -0.4 is 5.32 Å². The van der Waals surface area contributed by atoms with Gasteiger partial charge in [-0.2, -0.15) is 0 Å². The number of thiocarbonyl (C=S) groups is 1. The van der Waals surface area contributed by atoms with Crippen LogP contribution in [0, 0.1) is 5.92 Å². The van der Waals surface area contributed by atoms with E-state index in [2.05, 4.69) is 10.2 Å². The highest BCUT2D eigenvalue weighted by Gasteiger charge is 2.28. The highest BCUT2D eigenvalue weighted by atomic mass is 32.2. The number of sulfone groups is 1. The van der Waals surface area contributed by atoms with E-state index in [1.54, 1.807) is 0 Å². The van der Waals surface area contributed by atoms with Crippen LogP contribution in [0.4, 0.5) is 0 Å². The van der Waals surface area contributed by atoms with E-state index in [-0.39, 0.29) is 5.92 Å². The first-order chi connectivity index (χ1) is 8.07. The summed E-state index contributed by atoms with van der Waals surface area (Å²) >= 11 is 5.33. The van der Waals surface area contributed by atoms with Crippen LogP contribution in [0.15, 0.2) is 0 Å². The molecule has 0 amide bonds. The fourth-order valence-corrected chi connectivity index (χ4v) is 4.60. The van der Waals surface area contributed by atoms with Crippen LogP contribution in [0.1, 0.15) is 25.7 Å². The monoisotopic (exact) mass is 276 g/mol. The van der Waals surface area contributed by atoms with Gasteiger partial charge in [-0.25, -0.2) is 8.42 Å². The molecule has 2 saturated heterocycles. The quantitative estimate of drug-likeness (QED) is 0.755. The Bertz CT molecular complexity index is 375. The zero-order chi connectivity index (χ0) is 12.3. The van der Waals surface area contributed by atoms with Gasteiger partial charge in [0.25, 0.3) is 0 Å². The van der Waals surface area contributed by atoms with Crippen molar-refractivity contribution in [2.75, 3.05) is 31.1 Å². The summed E-state index contributed by atoms with van der Waals surface area (Å²) in [5.74, 6) is 0.904. The molecule has 0 radical (unpaired) electrons. The van der Waals surface area contributed by atoms with E-state index in [9.17, 15) is 8.42 Å². The summed E-state index contributed by atoms with van der Waals surface area (Å²) in [4.78, 5) is 2.20. The molecule has 2 aliphatic heterocycles. The minimum Gasteiger partial charge on any atom is -0.362 e. The Kier molecular flexibility index (Phi) is 4.25. The molecule has 2 aliphatic rings. The molecule has 1 N–H and O–H groups in total.